The third-order valence-electron chi connectivity index (χ3n) is 4.58. The number of hydrogen-bond acceptors (Lipinski definition) is 2. The molecule has 4 atom stereocenters. The van der Waals surface area contributed by atoms with Crippen molar-refractivity contribution in [3.05, 3.63) is 35.4 Å². The van der Waals surface area contributed by atoms with Gasteiger partial charge in [0.25, 0.3) is 0 Å². The zero-order valence-corrected chi connectivity index (χ0v) is 11.4. The molecule has 3 rings (SSSR count). The van der Waals surface area contributed by atoms with E-state index in [0.717, 1.165) is 5.92 Å². The molecule has 1 aromatic rings. The van der Waals surface area contributed by atoms with E-state index in [2.05, 4.69) is 43.6 Å². The van der Waals surface area contributed by atoms with E-state index in [-0.39, 0.29) is 0 Å². The number of benzene rings is 1. The van der Waals surface area contributed by atoms with Crippen molar-refractivity contribution in [3.63, 3.8) is 0 Å². The Labute approximate surface area is 110 Å². The molecule has 0 amide bonds. The van der Waals surface area contributed by atoms with E-state index in [1.54, 1.807) is 5.56 Å². The van der Waals surface area contributed by atoms with Crippen LogP contribution in [0.5, 0.6) is 0 Å². The SMILES string of the molecule is CNC(CC1Cc2ccccc21)C1CCC(C)O1. The minimum Gasteiger partial charge on any atom is -0.374 e. The van der Waals surface area contributed by atoms with Gasteiger partial charge in [0.05, 0.1) is 12.2 Å². The van der Waals surface area contributed by atoms with Crippen LogP contribution in [0.15, 0.2) is 24.3 Å². The summed E-state index contributed by atoms with van der Waals surface area (Å²) in [7, 11) is 2.07. The maximum absolute atomic E-state index is 6.01. The van der Waals surface area contributed by atoms with Crippen molar-refractivity contribution in [1.29, 1.82) is 0 Å². The van der Waals surface area contributed by atoms with Crippen LogP contribution in [0.4, 0.5) is 0 Å². The molecule has 1 aromatic carbocycles. The Kier molecular flexibility index (Phi) is 3.40. The van der Waals surface area contributed by atoms with Gasteiger partial charge >= 0.3 is 0 Å². The standard InChI is InChI=1S/C16H23NO/c1-11-7-8-16(18-11)15(17-2)10-13-9-12-5-3-4-6-14(12)13/h3-6,11,13,15-17H,7-10H2,1-2H3. The van der Waals surface area contributed by atoms with Crippen molar-refractivity contribution < 1.29 is 4.74 Å². The van der Waals surface area contributed by atoms with Crippen molar-refractivity contribution in [1.82, 2.24) is 5.32 Å². The predicted molar refractivity (Wildman–Crippen MR) is 73.9 cm³/mol. The minimum atomic E-state index is 0.415. The number of rotatable bonds is 4. The van der Waals surface area contributed by atoms with Gasteiger partial charge in [-0.05, 0) is 56.7 Å². The molecule has 18 heavy (non-hydrogen) atoms. The monoisotopic (exact) mass is 245 g/mol. The molecule has 1 aliphatic heterocycles. The molecule has 2 aliphatic rings. The minimum absolute atomic E-state index is 0.415. The first-order chi connectivity index (χ1) is 8.78. The Morgan fingerprint density at radius 3 is 2.83 bits per heavy atom. The first kappa shape index (κ1) is 12.2. The van der Waals surface area contributed by atoms with E-state index in [1.165, 1.54) is 31.2 Å². The average Bonchev–Trinajstić information content (AvgIpc) is 2.77. The van der Waals surface area contributed by atoms with Crippen LogP contribution >= 0.6 is 0 Å². The van der Waals surface area contributed by atoms with E-state index < -0.39 is 0 Å². The predicted octanol–water partition coefficient (Wildman–Crippen LogP) is 2.87. The lowest BCUT2D eigenvalue weighted by Gasteiger charge is -2.34. The van der Waals surface area contributed by atoms with E-state index in [0.29, 0.717) is 18.2 Å². The summed E-state index contributed by atoms with van der Waals surface area (Å²) in [5, 5.41) is 3.47. The molecular formula is C16H23NO. The van der Waals surface area contributed by atoms with Gasteiger partial charge in [-0.3, -0.25) is 0 Å². The van der Waals surface area contributed by atoms with Crippen LogP contribution in [0.2, 0.25) is 0 Å². The molecule has 1 aliphatic carbocycles. The van der Waals surface area contributed by atoms with E-state index >= 15 is 0 Å². The summed E-state index contributed by atoms with van der Waals surface area (Å²) in [5.74, 6) is 0.734. The Balaban J connectivity index is 1.62. The van der Waals surface area contributed by atoms with E-state index in [9.17, 15) is 0 Å². The molecule has 1 N–H and O–H groups in total. The third kappa shape index (κ3) is 2.19. The van der Waals surface area contributed by atoms with Crippen LogP contribution in [0.3, 0.4) is 0 Å². The molecule has 0 spiro atoms. The zero-order chi connectivity index (χ0) is 12.5. The zero-order valence-electron chi connectivity index (χ0n) is 11.4. The number of hydrogen-bond donors (Lipinski definition) is 1. The van der Waals surface area contributed by atoms with Crippen molar-refractivity contribution in [2.24, 2.45) is 0 Å². The second-order valence-electron chi connectivity index (χ2n) is 5.79. The Morgan fingerprint density at radius 2 is 2.17 bits per heavy atom. The van der Waals surface area contributed by atoms with Crippen LogP contribution in [-0.4, -0.2) is 25.3 Å². The molecule has 0 radical (unpaired) electrons. The fraction of sp³-hybridized carbons (Fsp3) is 0.625. The highest BCUT2D eigenvalue weighted by Gasteiger charge is 2.33. The summed E-state index contributed by atoms with van der Waals surface area (Å²) in [6.45, 7) is 2.19. The van der Waals surface area contributed by atoms with Gasteiger partial charge in [-0.15, -0.1) is 0 Å². The van der Waals surface area contributed by atoms with Gasteiger partial charge in [0.2, 0.25) is 0 Å². The highest BCUT2D eigenvalue weighted by Crippen LogP contribution is 2.39. The largest absolute Gasteiger partial charge is 0.374 e. The van der Waals surface area contributed by atoms with Gasteiger partial charge < -0.3 is 10.1 Å². The van der Waals surface area contributed by atoms with Crippen molar-refractivity contribution in [2.75, 3.05) is 7.05 Å². The third-order valence-corrected chi connectivity index (χ3v) is 4.58. The van der Waals surface area contributed by atoms with Crippen LogP contribution in [0.1, 0.15) is 43.2 Å². The van der Waals surface area contributed by atoms with Gasteiger partial charge in [-0.25, -0.2) is 0 Å². The van der Waals surface area contributed by atoms with E-state index in [1.807, 2.05) is 0 Å². The molecule has 0 bridgehead atoms. The molecule has 98 valence electrons. The molecule has 2 nitrogen and oxygen atoms in total. The molecule has 0 aromatic heterocycles. The lowest BCUT2D eigenvalue weighted by atomic mass is 9.74. The molecule has 1 saturated heterocycles. The molecule has 1 heterocycles. The number of likely N-dealkylation sites (N-methyl/N-ethyl adjacent to an activating group) is 1. The Bertz CT molecular complexity index is 417. The van der Waals surface area contributed by atoms with Crippen molar-refractivity contribution in [2.45, 2.75) is 56.8 Å². The lowest BCUT2D eigenvalue weighted by molar-refractivity contribution is 0.0297. The van der Waals surface area contributed by atoms with Gasteiger partial charge in [0.1, 0.15) is 0 Å². The number of fused-ring (bicyclic) bond motifs is 1. The molecule has 2 heteroatoms. The maximum atomic E-state index is 6.01. The highest BCUT2D eigenvalue weighted by molar-refractivity contribution is 5.40. The quantitative estimate of drug-likeness (QED) is 0.880. The summed E-state index contributed by atoms with van der Waals surface area (Å²) in [4.78, 5) is 0. The van der Waals surface area contributed by atoms with Crippen LogP contribution in [-0.2, 0) is 11.2 Å². The fourth-order valence-corrected chi connectivity index (χ4v) is 3.46. The molecule has 4 unspecified atom stereocenters. The fourth-order valence-electron chi connectivity index (χ4n) is 3.46. The van der Waals surface area contributed by atoms with Crippen LogP contribution in [0, 0.1) is 0 Å². The summed E-state index contributed by atoms with van der Waals surface area (Å²) >= 11 is 0. The van der Waals surface area contributed by atoms with Crippen LogP contribution < -0.4 is 5.32 Å². The second kappa shape index (κ2) is 5.02. The summed E-state index contributed by atoms with van der Waals surface area (Å²) in [6, 6.07) is 9.36. The Hall–Kier alpha value is -0.860. The summed E-state index contributed by atoms with van der Waals surface area (Å²) < 4.78 is 6.01. The molecule has 1 fully saturated rings. The van der Waals surface area contributed by atoms with Gasteiger partial charge in [0.15, 0.2) is 0 Å². The average molecular weight is 245 g/mol. The highest BCUT2D eigenvalue weighted by atomic mass is 16.5. The Morgan fingerprint density at radius 1 is 1.33 bits per heavy atom. The van der Waals surface area contributed by atoms with Crippen molar-refractivity contribution >= 4 is 0 Å². The number of nitrogens with one attached hydrogen (secondary N) is 1. The summed E-state index contributed by atoms with van der Waals surface area (Å²) in [6.07, 6.45) is 5.74. The number of ether oxygens (including phenoxy) is 1. The molecular weight excluding hydrogens is 222 g/mol. The summed E-state index contributed by atoms with van der Waals surface area (Å²) in [5.41, 5.74) is 3.10. The van der Waals surface area contributed by atoms with Gasteiger partial charge in [-0.2, -0.15) is 0 Å². The van der Waals surface area contributed by atoms with Crippen LogP contribution in [0.25, 0.3) is 0 Å². The van der Waals surface area contributed by atoms with E-state index in [4.69, 9.17) is 4.74 Å². The smallest absolute Gasteiger partial charge is 0.0732 e. The lowest BCUT2D eigenvalue weighted by Crippen LogP contribution is -2.40. The van der Waals surface area contributed by atoms with Gasteiger partial charge in [-0.1, -0.05) is 24.3 Å². The van der Waals surface area contributed by atoms with Crippen molar-refractivity contribution in [3.8, 4) is 0 Å². The topological polar surface area (TPSA) is 21.3 Å². The first-order valence-electron chi connectivity index (χ1n) is 7.18. The first-order valence-corrected chi connectivity index (χ1v) is 7.18. The molecule has 0 saturated carbocycles. The van der Waals surface area contributed by atoms with Gasteiger partial charge in [0, 0.05) is 6.04 Å². The normalized spacial score (nSPS) is 31.8. The second-order valence-corrected chi connectivity index (χ2v) is 5.79. The maximum Gasteiger partial charge on any atom is 0.0732 e.